The summed E-state index contributed by atoms with van der Waals surface area (Å²) >= 11 is 3.05. The zero-order valence-electron chi connectivity index (χ0n) is 16.8. The molecule has 0 N–H and O–H groups in total. The molecule has 0 fully saturated rings. The van der Waals surface area contributed by atoms with Crippen LogP contribution in [0.5, 0.6) is 0 Å². The Morgan fingerprint density at radius 2 is 1.86 bits per heavy atom. The zero-order chi connectivity index (χ0) is 20.6. The third-order valence-electron chi connectivity index (χ3n) is 4.73. The molecular formula is C22H26FN3OS2. The number of benzene rings is 2. The molecule has 1 aromatic heterocycles. The number of rotatable bonds is 10. The lowest BCUT2D eigenvalue weighted by Crippen LogP contribution is -2.39. The topological polar surface area (TPSA) is 36.4 Å². The van der Waals surface area contributed by atoms with Crippen LogP contribution < -0.4 is 4.90 Å². The molecule has 29 heavy (non-hydrogen) atoms. The van der Waals surface area contributed by atoms with Gasteiger partial charge in [0.1, 0.15) is 5.82 Å². The van der Waals surface area contributed by atoms with E-state index in [1.807, 2.05) is 18.2 Å². The molecule has 0 aliphatic heterocycles. The van der Waals surface area contributed by atoms with E-state index in [9.17, 15) is 9.18 Å². The Bertz CT molecular complexity index is 928. The molecule has 0 saturated heterocycles. The molecule has 1 amide bonds. The van der Waals surface area contributed by atoms with E-state index in [0.717, 1.165) is 34.7 Å². The highest BCUT2D eigenvalue weighted by atomic mass is 32.2. The van der Waals surface area contributed by atoms with Crippen LogP contribution in [-0.4, -0.2) is 47.7 Å². The number of fused-ring (bicyclic) bond motifs is 1. The minimum absolute atomic E-state index is 0.0557. The predicted octanol–water partition coefficient (Wildman–Crippen LogP) is 5.29. The maximum absolute atomic E-state index is 13.6. The van der Waals surface area contributed by atoms with Crippen LogP contribution in [0.15, 0.2) is 53.4 Å². The van der Waals surface area contributed by atoms with Gasteiger partial charge in [0.2, 0.25) is 5.91 Å². The fourth-order valence-electron chi connectivity index (χ4n) is 3.02. The lowest BCUT2D eigenvalue weighted by atomic mass is 10.3. The van der Waals surface area contributed by atoms with Gasteiger partial charge >= 0.3 is 0 Å². The van der Waals surface area contributed by atoms with E-state index < -0.39 is 0 Å². The molecular weight excluding hydrogens is 405 g/mol. The summed E-state index contributed by atoms with van der Waals surface area (Å²) in [5, 5.41) is 0.646. The largest absolute Gasteiger partial charge is 0.302 e. The molecule has 0 saturated carbocycles. The molecule has 0 aliphatic carbocycles. The number of carbonyl (C=O) groups is 1. The molecule has 0 aliphatic rings. The third-order valence-corrected chi connectivity index (χ3v) is 6.79. The monoisotopic (exact) mass is 431 g/mol. The maximum Gasteiger partial charge on any atom is 0.229 e. The fraction of sp³-hybridized carbons (Fsp3) is 0.364. The van der Waals surface area contributed by atoms with Crippen LogP contribution in [0.25, 0.3) is 10.2 Å². The molecule has 0 bridgehead atoms. The SMILES string of the molecule is CCN(CC)CCN(C(=O)CCSc1ccccc1)c1nc2ccc(F)cc2s1. The van der Waals surface area contributed by atoms with Crippen molar-refractivity contribution in [3.63, 3.8) is 0 Å². The Labute approximate surface area is 179 Å². The quantitative estimate of drug-likeness (QED) is 0.409. The first-order chi connectivity index (χ1) is 14.1. The van der Waals surface area contributed by atoms with E-state index in [4.69, 9.17) is 0 Å². The summed E-state index contributed by atoms with van der Waals surface area (Å²) in [7, 11) is 0. The summed E-state index contributed by atoms with van der Waals surface area (Å²) in [6.07, 6.45) is 0.433. The number of amides is 1. The number of nitrogens with zero attached hydrogens (tertiary/aromatic N) is 3. The minimum Gasteiger partial charge on any atom is -0.302 e. The molecule has 3 aromatic rings. The number of carbonyl (C=O) groups excluding carboxylic acids is 1. The molecule has 3 rings (SSSR count). The van der Waals surface area contributed by atoms with Crippen LogP contribution in [0.4, 0.5) is 9.52 Å². The van der Waals surface area contributed by atoms with Crippen LogP contribution in [0.1, 0.15) is 20.3 Å². The second-order valence-corrected chi connectivity index (χ2v) is 8.77. The summed E-state index contributed by atoms with van der Waals surface area (Å²) < 4.78 is 14.3. The highest BCUT2D eigenvalue weighted by Gasteiger charge is 2.20. The van der Waals surface area contributed by atoms with Gasteiger partial charge in [-0.3, -0.25) is 9.69 Å². The van der Waals surface area contributed by atoms with Crippen molar-refractivity contribution in [2.75, 3.05) is 36.8 Å². The van der Waals surface area contributed by atoms with E-state index in [1.54, 1.807) is 22.7 Å². The Balaban J connectivity index is 1.72. The van der Waals surface area contributed by atoms with Gasteiger partial charge in [0.05, 0.1) is 10.2 Å². The van der Waals surface area contributed by atoms with E-state index in [1.165, 1.54) is 23.5 Å². The summed E-state index contributed by atoms with van der Waals surface area (Å²) in [5.74, 6) is 0.484. The lowest BCUT2D eigenvalue weighted by molar-refractivity contribution is -0.118. The van der Waals surface area contributed by atoms with Gasteiger partial charge in [-0.25, -0.2) is 9.37 Å². The fourth-order valence-corrected chi connectivity index (χ4v) is 4.91. The molecule has 4 nitrogen and oxygen atoms in total. The van der Waals surface area contributed by atoms with Crippen molar-refractivity contribution < 1.29 is 9.18 Å². The van der Waals surface area contributed by atoms with Crippen molar-refractivity contribution in [3.8, 4) is 0 Å². The van der Waals surface area contributed by atoms with Gasteiger partial charge in [0.15, 0.2) is 5.13 Å². The van der Waals surface area contributed by atoms with Gasteiger partial charge in [-0.1, -0.05) is 43.4 Å². The van der Waals surface area contributed by atoms with E-state index in [-0.39, 0.29) is 11.7 Å². The first-order valence-corrected chi connectivity index (χ1v) is 11.7. The van der Waals surface area contributed by atoms with Crippen molar-refractivity contribution in [3.05, 3.63) is 54.3 Å². The van der Waals surface area contributed by atoms with Gasteiger partial charge in [-0.05, 0) is 43.4 Å². The van der Waals surface area contributed by atoms with Gasteiger partial charge in [0, 0.05) is 30.2 Å². The molecule has 1 heterocycles. The Morgan fingerprint density at radius 3 is 2.59 bits per heavy atom. The normalized spacial score (nSPS) is 11.3. The summed E-state index contributed by atoms with van der Waals surface area (Å²) in [6.45, 7) is 7.48. The van der Waals surface area contributed by atoms with Crippen molar-refractivity contribution in [1.29, 1.82) is 0 Å². The Kier molecular flexibility index (Phi) is 8.03. The number of anilines is 1. The number of thioether (sulfide) groups is 1. The molecule has 154 valence electrons. The van der Waals surface area contributed by atoms with E-state index in [2.05, 4.69) is 35.9 Å². The highest BCUT2D eigenvalue weighted by molar-refractivity contribution is 7.99. The van der Waals surface area contributed by atoms with Crippen LogP contribution >= 0.6 is 23.1 Å². The van der Waals surface area contributed by atoms with Gasteiger partial charge < -0.3 is 4.90 Å². The smallest absolute Gasteiger partial charge is 0.229 e. The highest BCUT2D eigenvalue weighted by Crippen LogP contribution is 2.30. The maximum atomic E-state index is 13.6. The molecule has 7 heteroatoms. The predicted molar refractivity (Wildman–Crippen MR) is 122 cm³/mol. The number of aromatic nitrogens is 1. The van der Waals surface area contributed by atoms with Crippen LogP contribution in [-0.2, 0) is 4.79 Å². The first-order valence-electron chi connectivity index (χ1n) is 9.87. The van der Waals surface area contributed by atoms with Crippen molar-refractivity contribution >= 4 is 44.4 Å². The van der Waals surface area contributed by atoms with E-state index in [0.29, 0.717) is 23.8 Å². The summed E-state index contributed by atoms with van der Waals surface area (Å²) in [4.78, 5) is 22.9. The van der Waals surface area contributed by atoms with Crippen LogP contribution in [0.3, 0.4) is 0 Å². The summed E-state index contributed by atoms with van der Waals surface area (Å²) in [5.41, 5.74) is 0.727. The lowest BCUT2D eigenvalue weighted by Gasteiger charge is -2.24. The second-order valence-electron chi connectivity index (χ2n) is 6.59. The molecule has 0 atom stereocenters. The third kappa shape index (κ3) is 6.01. The summed E-state index contributed by atoms with van der Waals surface area (Å²) in [6, 6.07) is 14.6. The van der Waals surface area contributed by atoms with Crippen LogP contribution in [0, 0.1) is 5.82 Å². The average molecular weight is 432 g/mol. The average Bonchev–Trinajstić information content (AvgIpc) is 3.14. The zero-order valence-corrected chi connectivity index (χ0v) is 18.4. The van der Waals surface area contributed by atoms with Crippen molar-refractivity contribution in [2.24, 2.45) is 0 Å². The van der Waals surface area contributed by atoms with Crippen molar-refractivity contribution in [2.45, 2.75) is 25.2 Å². The standard InChI is InChI=1S/C22H26FN3OS2/c1-3-25(4-2)13-14-26(21(27)12-15-28-18-8-6-5-7-9-18)22-24-19-11-10-17(23)16-20(19)29-22/h5-11,16H,3-4,12-15H2,1-2H3. The van der Waals surface area contributed by atoms with Gasteiger partial charge in [-0.2, -0.15) is 0 Å². The molecule has 0 spiro atoms. The van der Waals surface area contributed by atoms with Crippen LogP contribution in [0.2, 0.25) is 0 Å². The van der Waals surface area contributed by atoms with Gasteiger partial charge in [-0.15, -0.1) is 11.8 Å². The number of hydrogen-bond acceptors (Lipinski definition) is 5. The Hall–Kier alpha value is -1.96. The second kappa shape index (κ2) is 10.7. The first kappa shape index (κ1) is 21.7. The number of thiazole rings is 1. The molecule has 2 aromatic carbocycles. The van der Waals surface area contributed by atoms with Gasteiger partial charge in [0.25, 0.3) is 0 Å². The minimum atomic E-state index is -0.284. The number of likely N-dealkylation sites (N-methyl/N-ethyl adjacent to an activating group) is 1. The Morgan fingerprint density at radius 1 is 1.10 bits per heavy atom. The van der Waals surface area contributed by atoms with Crippen molar-refractivity contribution in [1.82, 2.24) is 9.88 Å². The molecule has 0 unspecified atom stereocenters. The number of hydrogen-bond donors (Lipinski definition) is 0. The number of halogens is 1. The molecule has 0 radical (unpaired) electrons. The van der Waals surface area contributed by atoms with E-state index >= 15 is 0 Å².